The van der Waals surface area contributed by atoms with Crippen molar-refractivity contribution >= 4 is 16.0 Å². The molecular weight excluding hydrogens is 280 g/mol. The third kappa shape index (κ3) is 3.15. The number of carbonyl (C=O) groups is 1. The predicted molar refractivity (Wildman–Crippen MR) is 73.3 cm³/mol. The van der Waals surface area contributed by atoms with E-state index in [9.17, 15) is 13.2 Å². The van der Waals surface area contributed by atoms with E-state index in [1.807, 2.05) is 6.07 Å². The van der Waals surface area contributed by atoms with Crippen molar-refractivity contribution < 1.29 is 18.3 Å². The first-order valence-electron chi connectivity index (χ1n) is 5.81. The topological polar surface area (TPSA) is 98.5 Å². The molecule has 1 N–H and O–H groups in total. The zero-order valence-corrected chi connectivity index (χ0v) is 12.3. The van der Waals surface area contributed by atoms with Crippen molar-refractivity contribution in [1.29, 1.82) is 5.26 Å². The number of aliphatic carboxylic acids is 1. The van der Waals surface area contributed by atoms with Gasteiger partial charge in [0.2, 0.25) is 10.0 Å². The minimum absolute atomic E-state index is 0.262. The van der Waals surface area contributed by atoms with Gasteiger partial charge in [-0.2, -0.15) is 9.57 Å². The van der Waals surface area contributed by atoms with E-state index in [0.29, 0.717) is 5.56 Å². The van der Waals surface area contributed by atoms with E-state index < -0.39 is 27.3 Å². The van der Waals surface area contributed by atoms with Crippen LogP contribution in [-0.2, 0) is 20.6 Å². The number of benzene rings is 1. The lowest BCUT2D eigenvalue weighted by Gasteiger charge is -2.30. The van der Waals surface area contributed by atoms with Gasteiger partial charge in [0.25, 0.3) is 0 Å². The SMILES string of the molecule is CN(C(C)(C)C(=O)O)S(=O)(=O)Cc1ccccc1C#N. The van der Waals surface area contributed by atoms with Crippen LogP contribution in [0.2, 0.25) is 0 Å². The molecule has 0 radical (unpaired) electrons. The Hall–Kier alpha value is -1.91. The number of carboxylic acids is 1. The third-order valence-corrected chi connectivity index (χ3v) is 5.17. The quantitative estimate of drug-likeness (QED) is 0.879. The van der Waals surface area contributed by atoms with Crippen molar-refractivity contribution in [3.63, 3.8) is 0 Å². The molecule has 0 unspecified atom stereocenters. The second kappa shape index (κ2) is 5.61. The molecule has 1 aromatic rings. The number of nitrogens with zero attached hydrogens (tertiary/aromatic N) is 2. The third-order valence-electron chi connectivity index (χ3n) is 3.20. The maximum absolute atomic E-state index is 12.3. The van der Waals surface area contributed by atoms with E-state index in [1.165, 1.54) is 33.0 Å². The summed E-state index contributed by atoms with van der Waals surface area (Å²) in [6, 6.07) is 8.25. The van der Waals surface area contributed by atoms with Crippen molar-refractivity contribution in [2.45, 2.75) is 25.1 Å². The Labute approximate surface area is 118 Å². The van der Waals surface area contributed by atoms with E-state index in [-0.39, 0.29) is 5.56 Å². The molecule has 0 spiro atoms. The zero-order valence-electron chi connectivity index (χ0n) is 11.5. The summed E-state index contributed by atoms with van der Waals surface area (Å²) in [6.07, 6.45) is 0. The fourth-order valence-electron chi connectivity index (χ4n) is 1.53. The summed E-state index contributed by atoms with van der Waals surface area (Å²) in [6.45, 7) is 2.62. The first-order valence-corrected chi connectivity index (χ1v) is 7.42. The predicted octanol–water partition coefficient (Wildman–Crippen LogP) is 1.18. The molecule has 0 aliphatic carbocycles. The Kier molecular flexibility index (Phi) is 4.53. The van der Waals surface area contributed by atoms with Crippen molar-refractivity contribution in [2.75, 3.05) is 7.05 Å². The summed E-state index contributed by atoms with van der Waals surface area (Å²) in [7, 11) is -2.63. The van der Waals surface area contributed by atoms with Gasteiger partial charge >= 0.3 is 5.97 Å². The van der Waals surface area contributed by atoms with Gasteiger partial charge in [0.1, 0.15) is 5.54 Å². The van der Waals surface area contributed by atoms with Crippen molar-refractivity contribution in [2.24, 2.45) is 0 Å². The second-order valence-corrected chi connectivity index (χ2v) is 6.86. The molecule has 1 rings (SSSR count). The van der Waals surface area contributed by atoms with Crippen LogP contribution in [0.5, 0.6) is 0 Å². The Morgan fingerprint density at radius 2 is 1.95 bits per heavy atom. The number of hydrogen-bond donors (Lipinski definition) is 1. The molecule has 0 aliphatic rings. The Bertz CT molecular complexity index is 659. The standard InChI is InChI=1S/C13H16N2O4S/c1-13(2,12(16)17)15(3)20(18,19)9-11-7-5-4-6-10(11)8-14/h4-7H,9H2,1-3H3,(H,16,17). The zero-order chi connectivity index (χ0) is 15.6. The molecule has 6 nitrogen and oxygen atoms in total. The van der Waals surface area contributed by atoms with Crippen LogP contribution in [0.15, 0.2) is 24.3 Å². The highest BCUT2D eigenvalue weighted by Gasteiger charge is 2.39. The van der Waals surface area contributed by atoms with Crippen LogP contribution < -0.4 is 0 Å². The lowest BCUT2D eigenvalue weighted by atomic mass is 10.1. The van der Waals surface area contributed by atoms with Crippen LogP contribution >= 0.6 is 0 Å². The van der Waals surface area contributed by atoms with Crippen LogP contribution in [0.25, 0.3) is 0 Å². The molecule has 0 aromatic heterocycles. The van der Waals surface area contributed by atoms with Crippen LogP contribution in [0, 0.1) is 11.3 Å². The van der Waals surface area contributed by atoms with Crippen LogP contribution in [0.4, 0.5) is 0 Å². The van der Waals surface area contributed by atoms with Gasteiger partial charge in [0, 0.05) is 7.05 Å². The maximum Gasteiger partial charge on any atom is 0.324 e. The molecule has 0 atom stereocenters. The summed E-state index contributed by atoms with van der Waals surface area (Å²) in [5.41, 5.74) is -0.943. The first kappa shape index (κ1) is 16.1. The van der Waals surface area contributed by atoms with Gasteiger partial charge in [-0.25, -0.2) is 8.42 Å². The lowest BCUT2D eigenvalue weighted by Crippen LogP contribution is -2.51. The molecule has 0 aliphatic heterocycles. The molecule has 0 saturated heterocycles. The number of likely N-dealkylation sites (N-methyl/N-ethyl adjacent to an activating group) is 1. The minimum atomic E-state index is -3.85. The molecule has 20 heavy (non-hydrogen) atoms. The molecule has 0 amide bonds. The van der Waals surface area contributed by atoms with Gasteiger partial charge < -0.3 is 5.11 Å². The van der Waals surface area contributed by atoms with Crippen LogP contribution in [0.1, 0.15) is 25.0 Å². The normalized spacial score (nSPS) is 12.2. The molecule has 7 heteroatoms. The smallest absolute Gasteiger partial charge is 0.324 e. The largest absolute Gasteiger partial charge is 0.480 e. The minimum Gasteiger partial charge on any atom is -0.480 e. The maximum atomic E-state index is 12.3. The Balaban J connectivity index is 3.14. The number of hydrogen-bond acceptors (Lipinski definition) is 4. The fourth-order valence-corrected chi connectivity index (χ4v) is 3.14. The molecule has 1 aromatic carbocycles. The second-order valence-electron chi connectivity index (χ2n) is 4.86. The average molecular weight is 296 g/mol. The molecule has 0 heterocycles. The summed E-state index contributed by atoms with van der Waals surface area (Å²) in [5.74, 6) is -1.65. The summed E-state index contributed by atoms with van der Waals surface area (Å²) < 4.78 is 25.4. The summed E-state index contributed by atoms with van der Waals surface area (Å²) >= 11 is 0. The summed E-state index contributed by atoms with van der Waals surface area (Å²) in [5, 5.41) is 18.0. The lowest BCUT2D eigenvalue weighted by molar-refractivity contribution is -0.145. The monoisotopic (exact) mass is 296 g/mol. The van der Waals surface area contributed by atoms with Crippen molar-refractivity contribution in [1.82, 2.24) is 4.31 Å². The van der Waals surface area contributed by atoms with E-state index in [0.717, 1.165) is 4.31 Å². The highest BCUT2D eigenvalue weighted by Crippen LogP contribution is 2.21. The molecular formula is C13H16N2O4S. The number of carboxylic acid groups (broad SMARTS) is 1. The van der Waals surface area contributed by atoms with E-state index in [4.69, 9.17) is 10.4 Å². The molecule has 108 valence electrons. The summed E-state index contributed by atoms with van der Waals surface area (Å²) in [4.78, 5) is 11.1. The van der Waals surface area contributed by atoms with E-state index in [2.05, 4.69) is 0 Å². The van der Waals surface area contributed by atoms with E-state index >= 15 is 0 Å². The average Bonchev–Trinajstić information content (AvgIpc) is 2.37. The number of nitriles is 1. The van der Waals surface area contributed by atoms with Crippen LogP contribution in [0.3, 0.4) is 0 Å². The Morgan fingerprint density at radius 1 is 1.40 bits per heavy atom. The van der Waals surface area contributed by atoms with Crippen LogP contribution in [-0.4, -0.2) is 36.4 Å². The van der Waals surface area contributed by atoms with Gasteiger partial charge in [0.15, 0.2) is 0 Å². The highest BCUT2D eigenvalue weighted by molar-refractivity contribution is 7.88. The van der Waals surface area contributed by atoms with Gasteiger partial charge in [-0.1, -0.05) is 18.2 Å². The van der Waals surface area contributed by atoms with Gasteiger partial charge in [-0.3, -0.25) is 4.79 Å². The van der Waals surface area contributed by atoms with Crippen molar-refractivity contribution in [3.8, 4) is 6.07 Å². The van der Waals surface area contributed by atoms with Gasteiger partial charge in [-0.05, 0) is 25.5 Å². The number of rotatable bonds is 5. The van der Waals surface area contributed by atoms with E-state index in [1.54, 1.807) is 12.1 Å². The van der Waals surface area contributed by atoms with Crippen molar-refractivity contribution in [3.05, 3.63) is 35.4 Å². The Morgan fingerprint density at radius 3 is 2.45 bits per heavy atom. The first-order chi connectivity index (χ1) is 9.13. The van der Waals surface area contributed by atoms with Gasteiger partial charge in [0.05, 0.1) is 17.4 Å². The highest BCUT2D eigenvalue weighted by atomic mass is 32.2. The molecule has 0 saturated carbocycles. The van der Waals surface area contributed by atoms with Gasteiger partial charge in [-0.15, -0.1) is 0 Å². The fraction of sp³-hybridized carbons (Fsp3) is 0.385. The molecule has 0 fully saturated rings. The molecule has 0 bridgehead atoms. The number of sulfonamides is 1.